The molecule has 33 heavy (non-hydrogen) atoms. The molecule has 0 spiro atoms. The number of ether oxygens (including phenoxy) is 1. The lowest BCUT2D eigenvalue weighted by Gasteiger charge is -2.56. The van der Waals surface area contributed by atoms with E-state index in [0.29, 0.717) is 26.6 Å². The highest BCUT2D eigenvalue weighted by Crippen LogP contribution is 2.50. The Labute approximate surface area is 207 Å². The third-order valence-electron chi connectivity index (χ3n) is 6.11. The van der Waals surface area contributed by atoms with Gasteiger partial charge in [0.05, 0.1) is 6.04 Å². The molecule has 0 saturated carbocycles. The van der Waals surface area contributed by atoms with E-state index in [4.69, 9.17) is 40.2 Å². The van der Waals surface area contributed by atoms with E-state index in [9.17, 15) is 4.79 Å². The first-order valence-corrected chi connectivity index (χ1v) is 11.6. The molecular weight excluding hydrogens is 477 g/mol. The average molecular weight is 498 g/mol. The lowest BCUT2D eigenvalue weighted by Crippen LogP contribution is -2.72. The number of rotatable bonds is 3. The van der Waals surface area contributed by atoms with Crippen LogP contribution in [0.1, 0.15) is 24.1 Å². The number of amides is 1. The van der Waals surface area contributed by atoms with Gasteiger partial charge in [-0.1, -0.05) is 35.3 Å². The maximum Gasteiger partial charge on any atom is 0.236 e. The van der Waals surface area contributed by atoms with E-state index in [1.54, 1.807) is 30.3 Å². The fourth-order valence-electron chi connectivity index (χ4n) is 4.66. The van der Waals surface area contributed by atoms with Crippen molar-refractivity contribution in [2.75, 3.05) is 10.2 Å². The number of nitrogens with zero attached hydrogens (tertiary/aromatic N) is 1. The van der Waals surface area contributed by atoms with Crippen molar-refractivity contribution in [1.82, 2.24) is 5.32 Å². The molecule has 8 heteroatoms. The molecular formula is C25H21Cl2N3O2S. The van der Waals surface area contributed by atoms with Crippen LogP contribution in [0.2, 0.25) is 10.0 Å². The lowest BCUT2D eigenvalue weighted by atomic mass is 9.78. The summed E-state index contributed by atoms with van der Waals surface area (Å²) in [5.41, 5.74) is 2.27. The summed E-state index contributed by atoms with van der Waals surface area (Å²) in [6.07, 6.45) is 0. The minimum absolute atomic E-state index is 0.205. The van der Waals surface area contributed by atoms with Gasteiger partial charge in [0.15, 0.2) is 10.8 Å². The smallest absolute Gasteiger partial charge is 0.236 e. The minimum Gasteiger partial charge on any atom is -0.467 e. The van der Waals surface area contributed by atoms with Crippen LogP contribution in [0.4, 0.5) is 11.4 Å². The van der Waals surface area contributed by atoms with Crippen LogP contribution in [0, 0.1) is 12.8 Å². The highest BCUT2D eigenvalue weighted by Gasteiger charge is 2.59. The van der Waals surface area contributed by atoms with Gasteiger partial charge in [-0.3, -0.25) is 9.69 Å². The molecule has 168 valence electrons. The molecule has 2 heterocycles. The van der Waals surface area contributed by atoms with Gasteiger partial charge in [-0.05, 0) is 86.2 Å². The van der Waals surface area contributed by atoms with Gasteiger partial charge in [-0.25, -0.2) is 0 Å². The lowest BCUT2D eigenvalue weighted by molar-refractivity contribution is -0.130. The maximum absolute atomic E-state index is 13.7. The van der Waals surface area contributed by atoms with E-state index in [2.05, 4.69) is 10.6 Å². The molecule has 1 fully saturated rings. The van der Waals surface area contributed by atoms with Crippen molar-refractivity contribution in [3.63, 3.8) is 0 Å². The third kappa shape index (κ3) is 3.82. The number of hydrogen-bond donors (Lipinski definition) is 2. The number of thiocarbonyl (C=S) groups is 1. The summed E-state index contributed by atoms with van der Waals surface area (Å²) < 4.78 is 6.57. The van der Waals surface area contributed by atoms with Crippen LogP contribution in [0.25, 0.3) is 0 Å². The van der Waals surface area contributed by atoms with Crippen LogP contribution in [0.3, 0.4) is 0 Å². The Morgan fingerprint density at radius 3 is 2.55 bits per heavy atom. The Balaban J connectivity index is 1.63. The molecule has 1 saturated heterocycles. The summed E-state index contributed by atoms with van der Waals surface area (Å²) in [4.78, 5) is 15.6. The van der Waals surface area contributed by atoms with Crippen molar-refractivity contribution in [3.05, 3.63) is 87.9 Å². The van der Waals surface area contributed by atoms with Gasteiger partial charge in [0.25, 0.3) is 0 Å². The standard InChI is InChI=1S/C25H21Cl2N3O2S/c1-14-4-3-5-18(12-14)30-24(33)29-22-19-13-16(27)8-11-20(19)32-25(30,2)21(22)23(31)28-17-9-6-15(26)7-10-17/h3-13,21-22H,1-2H3,(H,28,31)(H,29,33)/t21-,22-,25-/m0/s1. The highest BCUT2D eigenvalue weighted by atomic mass is 35.5. The van der Waals surface area contributed by atoms with Crippen LogP contribution in [-0.2, 0) is 4.79 Å². The first-order valence-electron chi connectivity index (χ1n) is 10.5. The number of carbonyl (C=O) groups is 1. The summed E-state index contributed by atoms with van der Waals surface area (Å²) >= 11 is 18.1. The number of hydrogen-bond acceptors (Lipinski definition) is 3. The van der Waals surface area contributed by atoms with Crippen LogP contribution >= 0.6 is 35.4 Å². The fraction of sp³-hybridized carbons (Fsp3) is 0.200. The minimum atomic E-state index is -1.09. The van der Waals surface area contributed by atoms with Crippen molar-refractivity contribution in [3.8, 4) is 5.75 Å². The van der Waals surface area contributed by atoms with Crippen molar-refractivity contribution < 1.29 is 9.53 Å². The Bertz CT molecular complexity index is 1270. The second-order valence-corrected chi connectivity index (χ2v) is 9.67. The number of carbonyl (C=O) groups excluding carboxylic acids is 1. The van der Waals surface area contributed by atoms with Gasteiger partial charge in [-0.2, -0.15) is 0 Å². The molecule has 2 aliphatic rings. The third-order valence-corrected chi connectivity index (χ3v) is 6.90. The predicted octanol–water partition coefficient (Wildman–Crippen LogP) is 6.10. The van der Waals surface area contributed by atoms with Crippen LogP contribution in [0.5, 0.6) is 5.75 Å². The predicted molar refractivity (Wildman–Crippen MR) is 136 cm³/mol. The topological polar surface area (TPSA) is 53.6 Å². The molecule has 0 unspecified atom stereocenters. The van der Waals surface area contributed by atoms with Gasteiger partial charge in [0.1, 0.15) is 11.7 Å². The first kappa shape index (κ1) is 22.0. The van der Waals surface area contributed by atoms with E-state index < -0.39 is 17.7 Å². The van der Waals surface area contributed by atoms with Crippen molar-refractivity contribution in [1.29, 1.82) is 0 Å². The molecule has 0 radical (unpaired) electrons. The summed E-state index contributed by atoms with van der Waals surface area (Å²) in [5, 5.41) is 8.04. The Morgan fingerprint density at radius 2 is 1.82 bits per heavy atom. The molecule has 2 aliphatic heterocycles. The monoisotopic (exact) mass is 497 g/mol. The fourth-order valence-corrected chi connectivity index (χ4v) is 5.38. The van der Waals surface area contributed by atoms with Gasteiger partial charge in [0.2, 0.25) is 5.91 Å². The SMILES string of the molecule is Cc1cccc(N2C(=S)N[C@H]3c4cc(Cl)ccc4O[C@@]2(C)[C@@H]3C(=O)Nc2ccc(Cl)cc2)c1. The Hall–Kier alpha value is -2.80. The molecule has 2 N–H and O–H groups in total. The number of aryl methyl sites for hydroxylation is 1. The van der Waals surface area contributed by atoms with Gasteiger partial charge in [-0.15, -0.1) is 0 Å². The molecule has 0 aromatic heterocycles. The second-order valence-electron chi connectivity index (χ2n) is 8.41. The Kier molecular flexibility index (Phi) is 5.47. The molecule has 5 nitrogen and oxygen atoms in total. The molecule has 0 aliphatic carbocycles. The average Bonchev–Trinajstić information content (AvgIpc) is 2.75. The number of fused-ring (bicyclic) bond motifs is 4. The van der Waals surface area contributed by atoms with Crippen molar-refractivity contribution in [2.45, 2.75) is 25.6 Å². The van der Waals surface area contributed by atoms with E-state index in [-0.39, 0.29) is 5.91 Å². The van der Waals surface area contributed by atoms with E-state index in [1.807, 2.05) is 55.1 Å². The molecule has 2 bridgehead atoms. The number of anilines is 2. The van der Waals surface area contributed by atoms with Crippen LogP contribution in [-0.4, -0.2) is 16.7 Å². The zero-order valence-electron chi connectivity index (χ0n) is 17.9. The van der Waals surface area contributed by atoms with Gasteiger partial charge in [0, 0.05) is 27.0 Å². The second kappa shape index (κ2) is 8.20. The molecule has 3 aromatic rings. The summed E-state index contributed by atoms with van der Waals surface area (Å²) in [5.74, 6) is -0.190. The summed E-state index contributed by atoms with van der Waals surface area (Å²) in [6.45, 7) is 3.91. The molecule has 3 aromatic carbocycles. The number of halogens is 2. The van der Waals surface area contributed by atoms with E-state index in [0.717, 1.165) is 16.8 Å². The van der Waals surface area contributed by atoms with Crippen LogP contribution < -0.4 is 20.3 Å². The summed E-state index contributed by atoms with van der Waals surface area (Å²) in [7, 11) is 0. The molecule has 3 atom stereocenters. The van der Waals surface area contributed by atoms with E-state index >= 15 is 0 Å². The number of nitrogens with one attached hydrogen (secondary N) is 2. The van der Waals surface area contributed by atoms with Crippen molar-refractivity contribution >= 4 is 57.8 Å². The van der Waals surface area contributed by atoms with Gasteiger partial charge >= 0.3 is 0 Å². The number of benzene rings is 3. The first-order chi connectivity index (χ1) is 15.8. The van der Waals surface area contributed by atoms with Crippen LogP contribution in [0.15, 0.2) is 66.7 Å². The summed E-state index contributed by atoms with van der Waals surface area (Å²) in [6, 6.07) is 20.0. The van der Waals surface area contributed by atoms with Gasteiger partial charge < -0.3 is 15.4 Å². The van der Waals surface area contributed by atoms with Crippen molar-refractivity contribution in [2.24, 2.45) is 5.92 Å². The highest BCUT2D eigenvalue weighted by molar-refractivity contribution is 7.80. The maximum atomic E-state index is 13.7. The van der Waals surface area contributed by atoms with E-state index in [1.165, 1.54) is 0 Å². The zero-order chi connectivity index (χ0) is 23.3. The molecule has 1 amide bonds. The zero-order valence-corrected chi connectivity index (χ0v) is 20.3. The Morgan fingerprint density at radius 1 is 1.09 bits per heavy atom. The molecule has 5 rings (SSSR count). The normalized spacial score (nSPS) is 23.3. The quantitative estimate of drug-likeness (QED) is 0.428. The largest absolute Gasteiger partial charge is 0.467 e.